The lowest BCUT2D eigenvalue weighted by Crippen LogP contribution is -2.26. The van der Waals surface area contributed by atoms with Crippen LogP contribution >= 0.6 is 11.3 Å². The molecule has 0 radical (unpaired) electrons. The van der Waals surface area contributed by atoms with Crippen LogP contribution < -0.4 is 10.2 Å². The third-order valence-corrected chi connectivity index (χ3v) is 6.05. The van der Waals surface area contributed by atoms with E-state index < -0.39 is 0 Å². The highest BCUT2D eigenvalue weighted by atomic mass is 32.1. The number of thiazole rings is 1. The van der Waals surface area contributed by atoms with Crippen molar-refractivity contribution in [3.8, 4) is 10.6 Å². The van der Waals surface area contributed by atoms with Crippen LogP contribution in [0.15, 0.2) is 84.4 Å². The Kier molecular flexibility index (Phi) is 6.94. The molecule has 0 saturated carbocycles. The molecule has 170 valence electrons. The fourth-order valence-corrected chi connectivity index (χ4v) is 4.08. The molecule has 0 atom stereocenters. The van der Waals surface area contributed by atoms with Crippen LogP contribution in [0.1, 0.15) is 21.5 Å². The molecule has 0 unspecified atom stereocenters. The van der Waals surface area contributed by atoms with Crippen molar-refractivity contribution in [3.05, 3.63) is 107 Å². The number of para-hydroxylation sites is 1. The Morgan fingerprint density at radius 1 is 1.06 bits per heavy atom. The summed E-state index contributed by atoms with van der Waals surface area (Å²) >= 11 is 1.50. The van der Waals surface area contributed by atoms with Gasteiger partial charge in [-0.05, 0) is 66.6 Å². The van der Waals surface area contributed by atoms with Gasteiger partial charge >= 0.3 is 0 Å². The van der Waals surface area contributed by atoms with Crippen LogP contribution in [-0.4, -0.2) is 23.8 Å². The van der Waals surface area contributed by atoms with Crippen molar-refractivity contribution < 1.29 is 14.0 Å². The minimum atomic E-state index is -0.315. The molecule has 3 aromatic carbocycles. The van der Waals surface area contributed by atoms with Crippen molar-refractivity contribution in [1.29, 1.82) is 0 Å². The third kappa shape index (κ3) is 5.27. The summed E-state index contributed by atoms with van der Waals surface area (Å²) in [5, 5.41) is 5.60. The normalized spacial score (nSPS) is 10.9. The molecule has 4 rings (SSSR count). The average Bonchev–Trinajstić information content (AvgIpc) is 3.39. The molecule has 0 bridgehead atoms. The SMILES string of the molecule is Cc1cc(N(C)C(=O)c2cccc(/C=C/C(=O)Nc3ccccc3-c3nccs3)c2)ccc1F. The predicted molar refractivity (Wildman–Crippen MR) is 136 cm³/mol. The van der Waals surface area contributed by atoms with E-state index in [0.29, 0.717) is 28.1 Å². The van der Waals surface area contributed by atoms with E-state index in [4.69, 9.17) is 0 Å². The van der Waals surface area contributed by atoms with Crippen molar-refractivity contribution in [2.45, 2.75) is 6.92 Å². The number of hydrogen-bond donors (Lipinski definition) is 1. The minimum Gasteiger partial charge on any atom is -0.322 e. The monoisotopic (exact) mass is 471 g/mol. The number of aromatic nitrogens is 1. The molecule has 0 saturated heterocycles. The van der Waals surface area contributed by atoms with Crippen LogP contribution in [0.25, 0.3) is 16.6 Å². The van der Waals surface area contributed by atoms with Gasteiger partial charge in [-0.3, -0.25) is 9.59 Å². The van der Waals surface area contributed by atoms with Gasteiger partial charge in [0.05, 0.1) is 5.69 Å². The Morgan fingerprint density at radius 2 is 1.88 bits per heavy atom. The maximum absolute atomic E-state index is 13.6. The Morgan fingerprint density at radius 3 is 2.65 bits per heavy atom. The molecule has 0 spiro atoms. The second-order valence-electron chi connectivity index (χ2n) is 7.63. The zero-order valence-corrected chi connectivity index (χ0v) is 19.5. The van der Waals surface area contributed by atoms with Gasteiger partial charge in [-0.15, -0.1) is 11.3 Å². The number of halogens is 1. The summed E-state index contributed by atoms with van der Waals surface area (Å²) < 4.78 is 13.6. The van der Waals surface area contributed by atoms with Crippen molar-refractivity contribution in [2.24, 2.45) is 0 Å². The van der Waals surface area contributed by atoms with E-state index in [-0.39, 0.29) is 17.6 Å². The molecule has 5 nitrogen and oxygen atoms in total. The summed E-state index contributed by atoms with van der Waals surface area (Å²) in [4.78, 5) is 31.3. The van der Waals surface area contributed by atoms with Crippen LogP contribution in [-0.2, 0) is 4.79 Å². The average molecular weight is 472 g/mol. The topological polar surface area (TPSA) is 62.3 Å². The second kappa shape index (κ2) is 10.2. The molecule has 0 aliphatic carbocycles. The van der Waals surface area contributed by atoms with Gasteiger partial charge in [0.15, 0.2) is 0 Å². The summed E-state index contributed by atoms with van der Waals surface area (Å²) in [6.45, 7) is 1.66. The third-order valence-electron chi connectivity index (χ3n) is 5.24. The fourth-order valence-electron chi connectivity index (χ4n) is 3.41. The van der Waals surface area contributed by atoms with E-state index in [2.05, 4.69) is 10.3 Å². The lowest BCUT2D eigenvalue weighted by Gasteiger charge is -2.18. The van der Waals surface area contributed by atoms with E-state index in [1.165, 1.54) is 28.4 Å². The Labute approximate surface area is 201 Å². The lowest BCUT2D eigenvalue weighted by molar-refractivity contribution is -0.111. The summed E-state index contributed by atoms with van der Waals surface area (Å²) in [6, 6.07) is 19.0. The van der Waals surface area contributed by atoms with E-state index >= 15 is 0 Å². The van der Waals surface area contributed by atoms with Gasteiger partial charge in [0, 0.05) is 41.5 Å². The standard InChI is InChI=1S/C27H22FN3O2S/c1-18-16-21(11-12-23(18)28)31(2)27(33)20-7-5-6-19(17-20)10-13-25(32)30-24-9-4-3-8-22(24)26-29-14-15-34-26/h3-17H,1-2H3,(H,30,32)/b13-10+. The number of rotatable bonds is 6. The summed E-state index contributed by atoms with van der Waals surface area (Å²) in [5.74, 6) is -0.841. The number of aryl methyl sites for hydroxylation is 1. The van der Waals surface area contributed by atoms with Crippen LogP contribution in [0.2, 0.25) is 0 Å². The largest absolute Gasteiger partial charge is 0.322 e. The summed E-state index contributed by atoms with van der Waals surface area (Å²) in [7, 11) is 1.64. The zero-order chi connectivity index (χ0) is 24.1. The highest BCUT2D eigenvalue weighted by molar-refractivity contribution is 7.13. The molecule has 4 aromatic rings. The van der Waals surface area contributed by atoms with E-state index in [1.54, 1.807) is 56.6 Å². The van der Waals surface area contributed by atoms with Crippen LogP contribution in [0.4, 0.5) is 15.8 Å². The molecule has 2 amide bonds. The summed E-state index contributed by atoms with van der Waals surface area (Å²) in [5.41, 5.74) is 3.76. The Bertz CT molecular complexity index is 1370. The first-order chi connectivity index (χ1) is 16.4. The molecule has 0 aliphatic heterocycles. The number of hydrogen-bond acceptors (Lipinski definition) is 4. The smallest absolute Gasteiger partial charge is 0.258 e. The molecule has 34 heavy (non-hydrogen) atoms. The van der Waals surface area contributed by atoms with E-state index in [9.17, 15) is 14.0 Å². The van der Waals surface area contributed by atoms with Crippen LogP contribution in [0.5, 0.6) is 0 Å². The number of carbonyl (C=O) groups is 2. The Hall–Kier alpha value is -4.10. The predicted octanol–water partition coefficient (Wildman–Crippen LogP) is 6.19. The van der Waals surface area contributed by atoms with Gasteiger partial charge in [0.1, 0.15) is 10.8 Å². The van der Waals surface area contributed by atoms with Gasteiger partial charge < -0.3 is 10.2 Å². The molecule has 1 aromatic heterocycles. The maximum Gasteiger partial charge on any atom is 0.258 e. The zero-order valence-electron chi connectivity index (χ0n) is 18.7. The molecule has 0 fully saturated rings. The van der Waals surface area contributed by atoms with Gasteiger partial charge in [0.25, 0.3) is 5.91 Å². The molecular weight excluding hydrogens is 449 g/mol. The van der Waals surface area contributed by atoms with Crippen LogP contribution in [0.3, 0.4) is 0 Å². The molecule has 1 heterocycles. The first-order valence-electron chi connectivity index (χ1n) is 10.5. The van der Waals surface area contributed by atoms with Crippen molar-refractivity contribution in [1.82, 2.24) is 4.98 Å². The number of amides is 2. The Balaban J connectivity index is 1.47. The van der Waals surface area contributed by atoms with E-state index in [0.717, 1.165) is 10.6 Å². The maximum atomic E-state index is 13.6. The minimum absolute atomic E-state index is 0.233. The molecule has 7 heteroatoms. The van der Waals surface area contributed by atoms with Crippen molar-refractivity contribution in [3.63, 3.8) is 0 Å². The van der Waals surface area contributed by atoms with Gasteiger partial charge in [-0.1, -0.05) is 24.3 Å². The number of carbonyl (C=O) groups excluding carboxylic acids is 2. The van der Waals surface area contributed by atoms with Gasteiger partial charge in [-0.25, -0.2) is 9.37 Å². The van der Waals surface area contributed by atoms with Gasteiger partial charge in [0.2, 0.25) is 5.91 Å². The first-order valence-corrected chi connectivity index (χ1v) is 11.4. The van der Waals surface area contributed by atoms with Crippen molar-refractivity contribution in [2.75, 3.05) is 17.3 Å². The van der Waals surface area contributed by atoms with Crippen molar-refractivity contribution >= 4 is 40.6 Å². The molecule has 1 N–H and O–H groups in total. The number of nitrogens with one attached hydrogen (secondary N) is 1. The summed E-state index contributed by atoms with van der Waals surface area (Å²) in [6.07, 6.45) is 4.80. The highest BCUT2D eigenvalue weighted by Crippen LogP contribution is 2.29. The highest BCUT2D eigenvalue weighted by Gasteiger charge is 2.15. The van der Waals surface area contributed by atoms with E-state index in [1.807, 2.05) is 35.7 Å². The number of anilines is 2. The number of benzene rings is 3. The van der Waals surface area contributed by atoms with Gasteiger partial charge in [-0.2, -0.15) is 0 Å². The van der Waals surface area contributed by atoms with Crippen LogP contribution in [0, 0.1) is 12.7 Å². The second-order valence-corrected chi connectivity index (χ2v) is 8.52. The molecule has 0 aliphatic rings. The number of nitrogens with zero attached hydrogens (tertiary/aromatic N) is 2. The first kappa shape index (κ1) is 23.1. The lowest BCUT2D eigenvalue weighted by atomic mass is 10.1. The fraction of sp³-hybridized carbons (Fsp3) is 0.0741. The quantitative estimate of drug-likeness (QED) is 0.341. The molecular formula is C27H22FN3O2S.